The quantitative estimate of drug-likeness (QED) is 0.809. The standard InChI is InChI=1S/C14H19N3O2/c15-13(18)11-4-3-5-12(14(16)19)10(11)6-9-17-7-1-2-8-17/h3-5H,1-2,6-9H2,(H2,15,18)(H2,16,19). The molecule has 0 aromatic heterocycles. The number of carbonyl (C=O) groups excluding carboxylic acids is 2. The third-order valence-electron chi connectivity index (χ3n) is 3.58. The van der Waals surface area contributed by atoms with Gasteiger partial charge >= 0.3 is 0 Å². The van der Waals surface area contributed by atoms with E-state index in [2.05, 4.69) is 4.90 Å². The van der Waals surface area contributed by atoms with Crippen LogP contribution in [0, 0.1) is 0 Å². The number of nitrogens with zero attached hydrogens (tertiary/aromatic N) is 1. The van der Waals surface area contributed by atoms with Gasteiger partial charge in [-0.3, -0.25) is 9.59 Å². The van der Waals surface area contributed by atoms with Gasteiger partial charge in [-0.1, -0.05) is 6.07 Å². The monoisotopic (exact) mass is 261 g/mol. The zero-order valence-corrected chi connectivity index (χ0v) is 10.9. The molecule has 19 heavy (non-hydrogen) atoms. The summed E-state index contributed by atoms with van der Waals surface area (Å²) >= 11 is 0. The van der Waals surface area contributed by atoms with Gasteiger partial charge in [0.2, 0.25) is 11.8 Å². The van der Waals surface area contributed by atoms with Crippen LogP contribution in [0.1, 0.15) is 39.1 Å². The Morgan fingerprint density at radius 1 is 1.05 bits per heavy atom. The predicted molar refractivity (Wildman–Crippen MR) is 72.9 cm³/mol. The Hall–Kier alpha value is -1.88. The summed E-state index contributed by atoms with van der Waals surface area (Å²) in [6, 6.07) is 4.93. The molecule has 0 saturated carbocycles. The van der Waals surface area contributed by atoms with Crippen molar-refractivity contribution in [2.24, 2.45) is 11.5 Å². The summed E-state index contributed by atoms with van der Waals surface area (Å²) in [6.45, 7) is 2.97. The van der Waals surface area contributed by atoms with Crippen LogP contribution < -0.4 is 11.5 Å². The SMILES string of the molecule is NC(=O)c1cccc(C(N)=O)c1CCN1CCCC1. The van der Waals surface area contributed by atoms with Crippen molar-refractivity contribution in [3.05, 3.63) is 34.9 Å². The number of nitrogens with two attached hydrogens (primary N) is 2. The molecule has 0 unspecified atom stereocenters. The van der Waals surface area contributed by atoms with Crippen molar-refractivity contribution in [1.82, 2.24) is 4.90 Å². The van der Waals surface area contributed by atoms with E-state index in [9.17, 15) is 9.59 Å². The Morgan fingerprint density at radius 2 is 1.58 bits per heavy atom. The van der Waals surface area contributed by atoms with E-state index in [0.29, 0.717) is 23.1 Å². The number of hydrogen-bond acceptors (Lipinski definition) is 3. The lowest BCUT2D eigenvalue weighted by atomic mass is 9.97. The van der Waals surface area contributed by atoms with E-state index in [1.165, 1.54) is 12.8 Å². The molecule has 1 aliphatic rings. The number of rotatable bonds is 5. The first-order valence-electron chi connectivity index (χ1n) is 6.53. The summed E-state index contributed by atoms with van der Waals surface area (Å²) in [7, 11) is 0. The Morgan fingerprint density at radius 3 is 2.05 bits per heavy atom. The lowest BCUT2D eigenvalue weighted by Gasteiger charge is -2.17. The molecule has 5 heteroatoms. The van der Waals surface area contributed by atoms with E-state index < -0.39 is 11.8 Å². The van der Waals surface area contributed by atoms with Crippen molar-refractivity contribution in [2.75, 3.05) is 19.6 Å². The summed E-state index contributed by atoms with van der Waals surface area (Å²) in [6.07, 6.45) is 3.04. The molecule has 0 bridgehead atoms. The van der Waals surface area contributed by atoms with Crippen molar-refractivity contribution in [3.63, 3.8) is 0 Å². The smallest absolute Gasteiger partial charge is 0.249 e. The van der Waals surface area contributed by atoms with Crippen molar-refractivity contribution < 1.29 is 9.59 Å². The number of amides is 2. The highest BCUT2D eigenvalue weighted by Crippen LogP contribution is 2.17. The van der Waals surface area contributed by atoms with Crippen molar-refractivity contribution in [3.8, 4) is 0 Å². The first kappa shape index (κ1) is 13.5. The Bertz CT molecular complexity index is 461. The summed E-state index contributed by atoms with van der Waals surface area (Å²) in [5.74, 6) is -1.03. The second kappa shape index (κ2) is 5.84. The van der Waals surface area contributed by atoms with E-state index in [4.69, 9.17) is 11.5 Å². The zero-order valence-electron chi connectivity index (χ0n) is 10.9. The van der Waals surface area contributed by atoms with Gasteiger partial charge in [-0.2, -0.15) is 0 Å². The van der Waals surface area contributed by atoms with Crippen molar-refractivity contribution in [2.45, 2.75) is 19.3 Å². The Kier molecular flexibility index (Phi) is 4.16. The fourth-order valence-electron chi connectivity index (χ4n) is 2.59. The molecule has 0 atom stereocenters. The minimum atomic E-state index is -0.514. The maximum atomic E-state index is 11.4. The van der Waals surface area contributed by atoms with Crippen LogP contribution in [0.2, 0.25) is 0 Å². The highest BCUT2D eigenvalue weighted by Gasteiger charge is 2.18. The van der Waals surface area contributed by atoms with Crippen molar-refractivity contribution >= 4 is 11.8 Å². The summed E-state index contributed by atoms with van der Waals surface area (Å²) in [4.78, 5) is 25.2. The zero-order chi connectivity index (χ0) is 13.8. The molecule has 4 N–H and O–H groups in total. The number of hydrogen-bond donors (Lipinski definition) is 2. The third-order valence-corrected chi connectivity index (χ3v) is 3.58. The average molecular weight is 261 g/mol. The van der Waals surface area contributed by atoms with Crippen LogP contribution in [0.5, 0.6) is 0 Å². The van der Waals surface area contributed by atoms with Gasteiger partial charge < -0.3 is 16.4 Å². The predicted octanol–water partition coefficient (Wildman–Crippen LogP) is 0.523. The molecule has 1 fully saturated rings. The minimum absolute atomic E-state index is 0.399. The van der Waals surface area contributed by atoms with Crippen LogP contribution in [0.4, 0.5) is 0 Å². The molecule has 0 aliphatic carbocycles. The number of benzene rings is 1. The van der Waals surface area contributed by atoms with Gasteiger partial charge in [0.05, 0.1) is 0 Å². The fraction of sp³-hybridized carbons (Fsp3) is 0.429. The molecular weight excluding hydrogens is 242 g/mol. The molecule has 1 aromatic carbocycles. The normalized spacial score (nSPS) is 15.6. The largest absolute Gasteiger partial charge is 0.366 e. The molecule has 1 heterocycles. The first-order valence-corrected chi connectivity index (χ1v) is 6.53. The van der Waals surface area contributed by atoms with Gasteiger partial charge in [0.15, 0.2) is 0 Å². The molecule has 1 aliphatic heterocycles. The number of likely N-dealkylation sites (tertiary alicyclic amines) is 1. The molecule has 5 nitrogen and oxygen atoms in total. The second-order valence-electron chi connectivity index (χ2n) is 4.86. The van der Waals surface area contributed by atoms with E-state index >= 15 is 0 Å². The molecule has 0 radical (unpaired) electrons. The maximum Gasteiger partial charge on any atom is 0.249 e. The molecular formula is C14H19N3O2. The van der Waals surface area contributed by atoms with E-state index in [1.807, 2.05) is 0 Å². The molecule has 102 valence electrons. The second-order valence-corrected chi connectivity index (χ2v) is 4.86. The van der Waals surface area contributed by atoms with Gasteiger partial charge in [0.1, 0.15) is 0 Å². The van der Waals surface area contributed by atoms with Gasteiger partial charge in [-0.25, -0.2) is 0 Å². The highest BCUT2D eigenvalue weighted by molar-refractivity contribution is 6.01. The van der Waals surface area contributed by atoms with E-state index in [1.54, 1.807) is 18.2 Å². The molecule has 2 rings (SSSR count). The molecule has 1 aromatic rings. The van der Waals surface area contributed by atoms with Gasteiger partial charge in [0.25, 0.3) is 0 Å². The lowest BCUT2D eigenvalue weighted by molar-refractivity contribution is 0.0999. The molecule has 2 amide bonds. The first-order chi connectivity index (χ1) is 9.09. The molecule has 0 spiro atoms. The summed E-state index contributed by atoms with van der Waals surface area (Å²) < 4.78 is 0. The van der Waals surface area contributed by atoms with Crippen LogP contribution in [0.15, 0.2) is 18.2 Å². The van der Waals surface area contributed by atoms with E-state index in [-0.39, 0.29) is 0 Å². The Balaban J connectivity index is 2.23. The van der Waals surface area contributed by atoms with Crippen LogP contribution >= 0.6 is 0 Å². The summed E-state index contributed by atoms with van der Waals surface area (Å²) in [5, 5.41) is 0. The number of carbonyl (C=O) groups is 2. The van der Waals surface area contributed by atoms with Crippen molar-refractivity contribution in [1.29, 1.82) is 0 Å². The van der Waals surface area contributed by atoms with Crippen LogP contribution in [-0.2, 0) is 6.42 Å². The van der Waals surface area contributed by atoms with Gasteiger partial charge in [-0.05, 0) is 50.0 Å². The van der Waals surface area contributed by atoms with E-state index in [0.717, 1.165) is 19.6 Å². The van der Waals surface area contributed by atoms with Gasteiger partial charge in [-0.15, -0.1) is 0 Å². The fourth-order valence-corrected chi connectivity index (χ4v) is 2.59. The average Bonchev–Trinajstić information content (AvgIpc) is 2.88. The van der Waals surface area contributed by atoms with Gasteiger partial charge in [0, 0.05) is 17.7 Å². The third kappa shape index (κ3) is 3.12. The lowest BCUT2D eigenvalue weighted by Crippen LogP contribution is -2.25. The van der Waals surface area contributed by atoms with Crippen LogP contribution in [0.25, 0.3) is 0 Å². The van der Waals surface area contributed by atoms with Crippen LogP contribution in [-0.4, -0.2) is 36.3 Å². The minimum Gasteiger partial charge on any atom is -0.366 e. The topological polar surface area (TPSA) is 89.4 Å². The van der Waals surface area contributed by atoms with Crippen LogP contribution in [0.3, 0.4) is 0 Å². The number of primary amides is 2. The highest BCUT2D eigenvalue weighted by atomic mass is 16.1. The molecule has 1 saturated heterocycles. The summed E-state index contributed by atoms with van der Waals surface area (Å²) in [5.41, 5.74) is 12.2. The Labute approximate surface area is 112 Å². The maximum absolute atomic E-state index is 11.4.